The minimum Gasteiger partial charge on any atom is -0.389 e. The molecule has 0 saturated carbocycles. The second-order valence-electron chi connectivity index (χ2n) is 5.63. The van der Waals surface area contributed by atoms with Crippen LogP contribution >= 0.6 is 0 Å². The second kappa shape index (κ2) is 5.88. The summed E-state index contributed by atoms with van der Waals surface area (Å²) in [6.45, 7) is 3.65. The summed E-state index contributed by atoms with van der Waals surface area (Å²) in [5.74, 6) is -0.289. The molecule has 1 fully saturated rings. The van der Waals surface area contributed by atoms with E-state index in [-0.39, 0.29) is 5.82 Å². The van der Waals surface area contributed by atoms with Crippen LogP contribution in [-0.4, -0.2) is 43.2 Å². The molecule has 0 aliphatic carbocycles. The van der Waals surface area contributed by atoms with Crippen LogP contribution in [0.2, 0.25) is 0 Å². The largest absolute Gasteiger partial charge is 0.389 e. The van der Waals surface area contributed by atoms with E-state index in [9.17, 15) is 9.50 Å². The summed E-state index contributed by atoms with van der Waals surface area (Å²) in [5, 5.41) is 9.85. The van der Waals surface area contributed by atoms with E-state index < -0.39 is 6.10 Å². The lowest BCUT2D eigenvalue weighted by Gasteiger charge is -2.31. The first-order chi connectivity index (χ1) is 8.99. The van der Waals surface area contributed by atoms with Crippen molar-refractivity contribution in [3.63, 3.8) is 0 Å². The lowest BCUT2D eigenvalue weighted by molar-refractivity contribution is 0.199. The van der Waals surface area contributed by atoms with Crippen LogP contribution in [0, 0.1) is 5.82 Å². The number of rotatable bonds is 4. The van der Waals surface area contributed by atoms with Crippen molar-refractivity contribution < 1.29 is 9.50 Å². The number of hydrogen-bond acceptors (Lipinski definition) is 3. The number of aliphatic hydroxyl groups excluding tert-OH is 1. The van der Waals surface area contributed by atoms with Crippen LogP contribution in [0.3, 0.4) is 0 Å². The molecule has 106 valence electrons. The normalized spacial score (nSPS) is 21.2. The van der Waals surface area contributed by atoms with Crippen molar-refractivity contribution in [2.45, 2.75) is 31.9 Å². The van der Waals surface area contributed by atoms with E-state index in [4.69, 9.17) is 0 Å². The van der Waals surface area contributed by atoms with Gasteiger partial charge in [-0.05, 0) is 52.1 Å². The highest BCUT2D eigenvalue weighted by Crippen LogP contribution is 2.32. The van der Waals surface area contributed by atoms with Crippen molar-refractivity contribution in [1.29, 1.82) is 0 Å². The number of halogens is 1. The smallest absolute Gasteiger partial charge is 0.123 e. The van der Waals surface area contributed by atoms with Crippen molar-refractivity contribution in [2.24, 2.45) is 0 Å². The summed E-state index contributed by atoms with van der Waals surface area (Å²) in [6, 6.07) is 5.17. The van der Waals surface area contributed by atoms with Crippen molar-refractivity contribution >= 4 is 5.69 Å². The zero-order valence-electron chi connectivity index (χ0n) is 11.9. The molecular formula is C15H23FN2O. The van der Waals surface area contributed by atoms with Gasteiger partial charge in [-0.3, -0.25) is 0 Å². The molecule has 0 bridgehead atoms. The van der Waals surface area contributed by atoms with Gasteiger partial charge < -0.3 is 14.9 Å². The maximum absolute atomic E-state index is 13.4. The van der Waals surface area contributed by atoms with Crippen LogP contribution in [0.4, 0.5) is 10.1 Å². The van der Waals surface area contributed by atoms with Gasteiger partial charge >= 0.3 is 0 Å². The zero-order valence-corrected chi connectivity index (χ0v) is 11.9. The summed E-state index contributed by atoms with van der Waals surface area (Å²) in [5.41, 5.74) is 1.66. The lowest BCUT2D eigenvalue weighted by atomic mass is 10.1. The van der Waals surface area contributed by atoms with Crippen molar-refractivity contribution in [3.8, 4) is 0 Å². The first kappa shape index (κ1) is 14.3. The van der Waals surface area contributed by atoms with Crippen LogP contribution in [0.5, 0.6) is 0 Å². The van der Waals surface area contributed by atoms with Gasteiger partial charge in [0.1, 0.15) is 5.82 Å². The number of nitrogens with zero attached hydrogens (tertiary/aromatic N) is 2. The van der Waals surface area contributed by atoms with Gasteiger partial charge in [-0.2, -0.15) is 0 Å². The third-order valence-electron chi connectivity index (χ3n) is 3.70. The van der Waals surface area contributed by atoms with Gasteiger partial charge in [-0.25, -0.2) is 4.39 Å². The molecule has 0 amide bonds. The lowest BCUT2D eigenvalue weighted by Crippen LogP contribution is -2.38. The standard InChI is InChI=1S/C15H23FN2O/c1-11(19)14-9-12(16)6-7-15(14)18-8-4-5-13(18)10-17(2)3/h6-7,9,11,13,19H,4-5,8,10H2,1-3H3/t11-,13?/m1/s1. The minimum absolute atomic E-state index is 0.289. The van der Waals surface area contributed by atoms with E-state index >= 15 is 0 Å². The first-order valence-corrected chi connectivity index (χ1v) is 6.88. The molecule has 1 aliphatic heterocycles. The van der Waals surface area contributed by atoms with Crippen LogP contribution < -0.4 is 4.90 Å². The molecule has 0 radical (unpaired) electrons. The molecule has 3 nitrogen and oxygen atoms in total. The Balaban J connectivity index is 2.29. The van der Waals surface area contributed by atoms with E-state index in [2.05, 4.69) is 23.9 Å². The van der Waals surface area contributed by atoms with Gasteiger partial charge in [0.25, 0.3) is 0 Å². The fourth-order valence-corrected chi connectivity index (χ4v) is 2.89. The summed E-state index contributed by atoms with van der Waals surface area (Å²) in [7, 11) is 4.13. The van der Waals surface area contributed by atoms with Gasteiger partial charge in [0, 0.05) is 30.4 Å². The van der Waals surface area contributed by atoms with Crippen molar-refractivity contribution in [3.05, 3.63) is 29.6 Å². The highest BCUT2D eigenvalue weighted by atomic mass is 19.1. The number of anilines is 1. The maximum atomic E-state index is 13.4. The molecule has 0 aromatic heterocycles. The molecule has 1 aromatic carbocycles. The Morgan fingerprint density at radius 3 is 2.84 bits per heavy atom. The SMILES string of the molecule is C[C@@H](O)c1cc(F)ccc1N1CCCC1CN(C)C. The third kappa shape index (κ3) is 3.25. The van der Waals surface area contributed by atoms with E-state index in [0.29, 0.717) is 11.6 Å². The molecule has 4 heteroatoms. The minimum atomic E-state index is -0.647. The molecule has 2 atom stereocenters. The third-order valence-corrected chi connectivity index (χ3v) is 3.70. The Hall–Kier alpha value is -1.13. The Bertz CT molecular complexity index is 434. The quantitative estimate of drug-likeness (QED) is 0.906. The van der Waals surface area contributed by atoms with Crippen LogP contribution in [0.15, 0.2) is 18.2 Å². The molecule has 1 heterocycles. The summed E-state index contributed by atoms with van der Waals surface area (Å²) >= 11 is 0. The van der Waals surface area contributed by atoms with E-state index in [1.807, 2.05) is 0 Å². The van der Waals surface area contributed by atoms with Gasteiger partial charge in [0.2, 0.25) is 0 Å². The second-order valence-corrected chi connectivity index (χ2v) is 5.63. The summed E-state index contributed by atoms with van der Waals surface area (Å²) in [4.78, 5) is 4.48. The first-order valence-electron chi connectivity index (χ1n) is 6.88. The average molecular weight is 266 g/mol. The molecular weight excluding hydrogens is 243 g/mol. The highest BCUT2D eigenvalue weighted by molar-refractivity contribution is 5.56. The molecule has 1 unspecified atom stereocenters. The molecule has 1 N–H and O–H groups in total. The number of aliphatic hydroxyl groups is 1. The van der Waals surface area contributed by atoms with E-state index in [1.54, 1.807) is 13.0 Å². The number of hydrogen-bond donors (Lipinski definition) is 1. The summed E-state index contributed by atoms with van der Waals surface area (Å²) in [6.07, 6.45) is 1.65. The topological polar surface area (TPSA) is 26.7 Å². The van der Waals surface area contributed by atoms with Crippen molar-refractivity contribution in [1.82, 2.24) is 4.90 Å². The molecule has 1 aromatic rings. The van der Waals surface area contributed by atoms with Gasteiger partial charge in [-0.15, -0.1) is 0 Å². The highest BCUT2D eigenvalue weighted by Gasteiger charge is 2.27. The Morgan fingerprint density at radius 1 is 1.47 bits per heavy atom. The van der Waals surface area contributed by atoms with Crippen LogP contribution in [-0.2, 0) is 0 Å². The van der Waals surface area contributed by atoms with Crippen molar-refractivity contribution in [2.75, 3.05) is 32.1 Å². The molecule has 2 rings (SSSR count). The molecule has 19 heavy (non-hydrogen) atoms. The number of benzene rings is 1. The fourth-order valence-electron chi connectivity index (χ4n) is 2.89. The van der Waals surface area contributed by atoms with Crippen LogP contribution in [0.1, 0.15) is 31.4 Å². The Morgan fingerprint density at radius 2 is 2.21 bits per heavy atom. The predicted molar refractivity (Wildman–Crippen MR) is 76.0 cm³/mol. The maximum Gasteiger partial charge on any atom is 0.123 e. The zero-order chi connectivity index (χ0) is 14.0. The molecule has 1 aliphatic rings. The molecule has 1 saturated heterocycles. The Labute approximate surface area is 114 Å². The van der Waals surface area contributed by atoms with E-state index in [0.717, 1.165) is 31.6 Å². The average Bonchev–Trinajstić information content (AvgIpc) is 2.76. The molecule has 0 spiro atoms. The fraction of sp³-hybridized carbons (Fsp3) is 0.600. The summed E-state index contributed by atoms with van der Waals surface area (Å²) < 4.78 is 13.4. The predicted octanol–water partition coefficient (Wildman–Crippen LogP) is 2.41. The number of likely N-dealkylation sites (N-methyl/N-ethyl adjacent to an activating group) is 1. The van der Waals surface area contributed by atoms with E-state index in [1.165, 1.54) is 12.1 Å². The van der Waals surface area contributed by atoms with Crippen LogP contribution in [0.25, 0.3) is 0 Å². The van der Waals surface area contributed by atoms with Gasteiger partial charge in [0.15, 0.2) is 0 Å². The monoisotopic (exact) mass is 266 g/mol. The van der Waals surface area contributed by atoms with Gasteiger partial charge in [0.05, 0.1) is 6.10 Å². The Kier molecular flexibility index (Phi) is 4.42. The van der Waals surface area contributed by atoms with Gasteiger partial charge in [-0.1, -0.05) is 0 Å².